The number of amidine groups is 1. The lowest BCUT2D eigenvalue weighted by Gasteiger charge is -2.13. The fourth-order valence-electron chi connectivity index (χ4n) is 3.10. The highest BCUT2D eigenvalue weighted by Gasteiger charge is 2.21. The summed E-state index contributed by atoms with van der Waals surface area (Å²) >= 11 is 0. The third-order valence-electron chi connectivity index (χ3n) is 4.50. The van der Waals surface area contributed by atoms with Gasteiger partial charge in [-0.15, -0.1) is 0 Å². The third-order valence-corrected chi connectivity index (χ3v) is 4.50. The van der Waals surface area contributed by atoms with E-state index >= 15 is 0 Å². The normalized spacial score (nSPS) is 11.1. The van der Waals surface area contributed by atoms with Gasteiger partial charge in [0.2, 0.25) is 0 Å². The maximum atomic E-state index is 10.8. The van der Waals surface area contributed by atoms with Crippen molar-refractivity contribution in [2.24, 2.45) is 7.05 Å². The minimum Gasteiger partial charge on any atom is -0.504 e. The van der Waals surface area contributed by atoms with Crippen LogP contribution in [0.4, 0.5) is 0 Å². The van der Waals surface area contributed by atoms with Gasteiger partial charge in [0.1, 0.15) is 17.2 Å². The Kier molecular flexibility index (Phi) is 3.92. The number of aromatic nitrogens is 4. The minimum atomic E-state index is 0.0871. The number of aromatic amines is 1. The summed E-state index contributed by atoms with van der Waals surface area (Å²) in [6.07, 6.45) is 0. The fraction of sp³-hybridized carbons (Fsp3) is 0.150. The molecule has 0 radical (unpaired) electrons. The molecule has 27 heavy (non-hydrogen) atoms. The van der Waals surface area contributed by atoms with Crippen LogP contribution < -0.4 is 0 Å². The molecule has 0 atom stereocenters. The average molecular weight is 360 g/mol. The van der Waals surface area contributed by atoms with E-state index in [1.807, 2.05) is 62.6 Å². The van der Waals surface area contributed by atoms with Crippen LogP contribution in [-0.2, 0) is 7.05 Å². The summed E-state index contributed by atoms with van der Waals surface area (Å²) in [5.74, 6) is 1.04. The summed E-state index contributed by atoms with van der Waals surface area (Å²) in [4.78, 5) is 9.59. The lowest BCUT2D eigenvalue weighted by molar-refractivity contribution is 0.478. The van der Waals surface area contributed by atoms with Crippen molar-refractivity contribution >= 4 is 16.9 Å². The molecule has 0 saturated heterocycles. The summed E-state index contributed by atoms with van der Waals surface area (Å²) in [7, 11) is 5.45. The van der Waals surface area contributed by atoms with Gasteiger partial charge in [-0.1, -0.05) is 30.3 Å². The summed E-state index contributed by atoms with van der Waals surface area (Å²) in [6, 6.07) is 15.2. The Morgan fingerprint density at radius 3 is 2.59 bits per heavy atom. The van der Waals surface area contributed by atoms with Crippen LogP contribution in [0, 0.1) is 5.41 Å². The van der Waals surface area contributed by atoms with Crippen LogP contribution in [0.5, 0.6) is 5.75 Å². The first-order chi connectivity index (χ1) is 13.0. The van der Waals surface area contributed by atoms with Crippen LogP contribution in [-0.4, -0.2) is 49.7 Å². The van der Waals surface area contributed by atoms with E-state index in [0.717, 1.165) is 22.2 Å². The molecule has 0 aliphatic rings. The Bertz CT molecular complexity index is 1140. The van der Waals surface area contributed by atoms with Crippen molar-refractivity contribution in [2.75, 3.05) is 14.1 Å². The smallest absolute Gasteiger partial charge is 0.173 e. The van der Waals surface area contributed by atoms with Crippen molar-refractivity contribution in [3.63, 3.8) is 0 Å². The zero-order valence-electron chi connectivity index (χ0n) is 15.4. The van der Waals surface area contributed by atoms with Crippen molar-refractivity contribution in [1.82, 2.24) is 24.6 Å². The Balaban J connectivity index is 1.81. The Morgan fingerprint density at radius 2 is 1.89 bits per heavy atom. The molecule has 7 nitrogen and oxygen atoms in total. The van der Waals surface area contributed by atoms with E-state index in [-0.39, 0.29) is 5.75 Å². The topological polar surface area (TPSA) is 93.8 Å². The van der Waals surface area contributed by atoms with Gasteiger partial charge < -0.3 is 15.0 Å². The van der Waals surface area contributed by atoms with E-state index in [4.69, 9.17) is 5.41 Å². The number of nitrogens with one attached hydrogen (secondary N) is 2. The van der Waals surface area contributed by atoms with E-state index in [1.54, 1.807) is 16.6 Å². The van der Waals surface area contributed by atoms with Crippen molar-refractivity contribution < 1.29 is 5.11 Å². The van der Waals surface area contributed by atoms with Crippen LogP contribution in [0.25, 0.3) is 33.8 Å². The van der Waals surface area contributed by atoms with Crippen LogP contribution >= 0.6 is 0 Å². The first-order valence-corrected chi connectivity index (χ1v) is 8.53. The van der Waals surface area contributed by atoms with Gasteiger partial charge in [-0.05, 0) is 18.2 Å². The standard InChI is InChI=1S/C20H20N6O/c1-25(2)19(21)13-9-10-14-15(11-13)23-20(22-14)17-18(27)16(24-26(17)3)12-7-5-4-6-8-12/h4-11,21,27H,1-3H3,(H,22,23). The second-order valence-electron chi connectivity index (χ2n) is 6.60. The van der Waals surface area contributed by atoms with Crippen molar-refractivity contribution in [3.8, 4) is 28.5 Å². The number of aryl methyl sites for hydroxylation is 1. The quantitative estimate of drug-likeness (QED) is 0.386. The molecular formula is C20H20N6O. The van der Waals surface area contributed by atoms with E-state index in [2.05, 4.69) is 15.1 Å². The third kappa shape index (κ3) is 2.83. The first-order valence-electron chi connectivity index (χ1n) is 8.53. The molecule has 7 heteroatoms. The maximum absolute atomic E-state index is 10.8. The van der Waals surface area contributed by atoms with Gasteiger partial charge in [-0.2, -0.15) is 5.10 Å². The molecule has 3 N–H and O–H groups in total. The number of benzene rings is 2. The highest BCUT2D eigenvalue weighted by molar-refractivity contribution is 5.99. The van der Waals surface area contributed by atoms with Crippen LogP contribution in [0.2, 0.25) is 0 Å². The number of aromatic hydroxyl groups is 1. The first kappa shape index (κ1) is 16.8. The van der Waals surface area contributed by atoms with Crippen molar-refractivity contribution in [3.05, 3.63) is 54.1 Å². The minimum absolute atomic E-state index is 0.0871. The molecule has 0 saturated carbocycles. The average Bonchev–Trinajstić information content (AvgIpc) is 3.20. The second kappa shape index (κ2) is 6.28. The van der Waals surface area contributed by atoms with Crippen LogP contribution in [0.3, 0.4) is 0 Å². The Labute approximate surface area is 156 Å². The molecule has 0 spiro atoms. The molecule has 0 aliphatic heterocycles. The van der Waals surface area contributed by atoms with Crippen molar-refractivity contribution in [1.29, 1.82) is 5.41 Å². The molecule has 136 valence electrons. The Morgan fingerprint density at radius 1 is 1.15 bits per heavy atom. The molecule has 0 unspecified atom stereocenters. The predicted molar refractivity (Wildman–Crippen MR) is 106 cm³/mol. The van der Waals surface area contributed by atoms with Gasteiger partial charge in [0.25, 0.3) is 0 Å². The van der Waals surface area contributed by atoms with E-state index in [9.17, 15) is 5.11 Å². The number of hydrogen-bond donors (Lipinski definition) is 3. The molecule has 0 fully saturated rings. The van der Waals surface area contributed by atoms with Gasteiger partial charge in [-0.25, -0.2) is 4.98 Å². The number of imidazole rings is 1. The Hall–Kier alpha value is -3.61. The van der Waals surface area contributed by atoms with Gasteiger partial charge in [0, 0.05) is 32.3 Å². The summed E-state index contributed by atoms with van der Waals surface area (Å²) < 4.78 is 1.62. The van der Waals surface area contributed by atoms with Gasteiger partial charge in [0.15, 0.2) is 11.6 Å². The lowest BCUT2D eigenvalue weighted by atomic mass is 10.1. The number of rotatable bonds is 3. The van der Waals surface area contributed by atoms with Gasteiger partial charge in [0.05, 0.1) is 11.0 Å². The summed E-state index contributed by atoms with van der Waals surface area (Å²) in [6.45, 7) is 0. The fourth-order valence-corrected chi connectivity index (χ4v) is 3.10. The molecule has 4 rings (SSSR count). The number of H-pyrrole nitrogens is 1. The zero-order chi connectivity index (χ0) is 19.1. The lowest BCUT2D eigenvalue weighted by Crippen LogP contribution is -2.21. The van der Waals surface area contributed by atoms with Crippen molar-refractivity contribution in [2.45, 2.75) is 0 Å². The molecule has 2 aromatic carbocycles. The van der Waals surface area contributed by atoms with E-state index in [0.29, 0.717) is 23.0 Å². The van der Waals surface area contributed by atoms with Crippen LogP contribution in [0.15, 0.2) is 48.5 Å². The van der Waals surface area contributed by atoms with E-state index in [1.165, 1.54) is 0 Å². The van der Waals surface area contributed by atoms with Gasteiger partial charge >= 0.3 is 0 Å². The molecule has 0 aliphatic carbocycles. The summed E-state index contributed by atoms with van der Waals surface area (Å²) in [5.41, 5.74) is 4.24. The number of hydrogen-bond acceptors (Lipinski definition) is 4. The molecule has 0 bridgehead atoms. The second-order valence-corrected chi connectivity index (χ2v) is 6.60. The zero-order valence-corrected chi connectivity index (χ0v) is 15.4. The highest BCUT2D eigenvalue weighted by Crippen LogP contribution is 2.36. The van der Waals surface area contributed by atoms with Crippen LogP contribution in [0.1, 0.15) is 5.56 Å². The highest BCUT2D eigenvalue weighted by atomic mass is 16.3. The number of fused-ring (bicyclic) bond motifs is 1. The molecule has 2 aromatic heterocycles. The number of nitrogens with zero attached hydrogens (tertiary/aromatic N) is 4. The largest absolute Gasteiger partial charge is 0.504 e. The molecule has 2 heterocycles. The summed E-state index contributed by atoms with van der Waals surface area (Å²) in [5, 5.41) is 23.4. The predicted octanol–water partition coefficient (Wildman–Crippen LogP) is 3.22. The van der Waals surface area contributed by atoms with Gasteiger partial charge in [-0.3, -0.25) is 10.1 Å². The molecule has 4 aromatic rings. The van der Waals surface area contributed by atoms with E-state index < -0.39 is 0 Å². The molecule has 0 amide bonds. The maximum Gasteiger partial charge on any atom is 0.173 e. The SMILES string of the molecule is CN(C)C(=N)c1ccc2nc(-c3c(O)c(-c4ccccc4)nn3C)[nH]c2c1. The molecular weight excluding hydrogens is 340 g/mol. The monoisotopic (exact) mass is 360 g/mol.